The summed E-state index contributed by atoms with van der Waals surface area (Å²) in [4.78, 5) is 5.48. The van der Waals surface area contributed by atoms with Gasteiger partial charge in [-0.15, -0.1) is 11.3 Å². The molecule has 4 nitrogen and oxygen atoms in total. The molecule has 4 rings (SSSR count). The first-order valence-electron chi connectivity index (χ1n) is 8.84. The number of alkyl halides is 2. The van der Waals surface area contributed by atoms with Crippen molar-refractivity contribution in [2.45, 2.75) is 13.5 Å². The van der Waals surface area contributed by atoms with Gasteiger partial charge in [0.25, 0.3) is 0 Å². The topological polar surface area (TPSA) is 39.9 Å². The van der Waals surface area contributed by atoms with Crippen molar-refractivity contribution >= 4 is 22.9 Å². The number of aryl methyl sites for hydroxylation is 1. The molecule has 0 aliphatic rings. The van der Waals surface area contributed by atoms with E-state index in [1.165, 1.54) is 35.6 Å². The van der Waals surface area contributed by atoms with Crippen LogP contribution in [0, 0.1) is 12.7 Å². The van der Waals surface area contributed by atoms with Crippen molar-refractivity contribution in [2.24, 2.45) is 7.05 Å². The molecular formula is C21H15ClF3N3OS. The fourth-order valence-corrected chi connectivity index (χ4v) is 4.47. The molecule has 2 heterocycles. The fraction of sp³-hybridized carbons (Fsp3) is 0.143. The lowest BCUT2D eigenvalue weighted by Crippen LogP contribution is -2.01. The summed E-state index contributed by atoms with van der Waals surface area (Å²) < 4.78 is 44.9. The summed E-state index contributed by atoms with van der Waals surface area (Å²) >= 11 is 7.64. The van der Waals surface area contributed by atoms with Gasteiger partial charge in [0, 0.05) is 22.9 Å². The van der Waals surface area contributed by atoms with Crippen molar-refractivity contribution in [2.75, 3.05) is 0 Å². The van der Waals surface area contributed by atoms with Crippen molar-refractivity contribution in [3.05, 3.63) is 64.2 Å². The average Bonchev–Trinajstić information content (AvgIpc) is 3.24. The molecule has 0 saturated carbocycles. The molecule has 0 N–H and O–H groups in total. The monoisotopic (exact) mass is 449 g/mol. The van der Waals surface area contributed by atoms with Gasteiger partial charge < -0.3 is 4.74 Å². The second-order valence-electron chi connectivity index (χ2n) is 6.49. The number of benzene rings is 2. The van der Waals surface area contributed by atoms with Gasteiger partial charge in [0.1, 0.15) is 11.6 Å². The van der Waals surface area contributed by atoms with Gasteiger partial charge in [-0.2, -0.15) is 13.9 Å². The first-order chi connectivity index (χ1) is 14.3. The van der Waals surface area contributed by atoms with Crippen molar-refractivity contribution in [3.63, 3.8) is 0 Å². The van der Waals surface area contributed by atoms with Gasteiger partial charge >= 0.3 is 6.61 Å². The second kappa shape index (κ2) is 8.12. The lowest BCUT2D eigenvalue weighted by Gasteiger charge is -2.06. The molecule has 0 saturated heterocycles. The molecule has 9 heteroatoms. The van der Waals surface area contributed by atoms with Crippen LogP contribution in [-0.2, 0) is 7.05 Å². The largest absolute Gasteiger partial charge is 0.435 e. The van der Waals surface area contributed by atoms with E-state index in [1.807, 2.05) is 12.3 Å². The molecule has 0 atom stereocenters. The highest BCUT2D eigenvalue weighted by Crippen LogP contribution is 2.38. The third-order valence-electron chi connectivity index (χ3n) is 4.57. The van der Waals surface area contributed by atoms with Crippen LogP contribution in [0.5, 0.6) is 5.75 Å². The number of halogens is 4. The van der Waals surface area contributed by atoms with Gasteiger partial charge in [-0.25, -0.2) is 14.1 Å². The first-order valence-corrected chi connectivity index (χ1v) is 10.1. The number of ether oxygens (including phenoxy) is 1. The van der Waals surface area contributed by atoms with Crippen LogP contribution in [0.15, 0.2) is 47.8 Å². The Morgan fingerprint density at radius 1 is 1.13 bits per heavy atom. The number of thiophene rings is 1. The highest BCUT2D eigenvalue weighted by atomic mass is 35.5. The maximum atomic E-state index is 14.3. The van der Waals surface area contributed by atoms with E-state index < -0.39 is 12.4 Å². The van der Waals surface area contributed by atoms with E-state index in [0.29, 0.717) is 5.82 Å². The number of nitrogens with zero attached hydrogens (tertiary/aromatic N) is 3. The minimum absolute atomic E-state index is 0.0999. The molecule has 154 valence electrons. The highest BCUT2D eigenvalue weighted by Gasteiger charge is 2.20. The Balaban J connectivity index is 1.70. The Hall–Kier alpha value is -2.84. The minimum Gasteiger partial charge on any atom is -0.435 e. The molecule has 2 aromatic carbocycles. The molecular weight excluding hydrogens is 435 g/mol. The van der Waals surface area contributed by atoms with Crippen LogP contribution in [0.1, 0.15) is 5.56 Å². The smallest absolute Gasteiger partial charge is 0.387 e. The molecule has 0 aliphatic heterocycles. The van der Waals surface area contributed by atoms with Gasteiger partial charge in [-0.05, 0) is 54.4 Å². The molecule has 0 unspecified atom stereocenters. The van der Waals surface area contributed by atoms with E-state index in [4.69, 9.17) is 11.6 Å². The summed E-state index contributed by atoms with van der Waals surface area (Å²) in [5.74, 6) is 0.384. The van der Waals surface area contributed by atoms with Crippen molar-refractivity contribution in [3.8, 4) is 39.0 Å². The number of hydrogen-bond donors (Lipinski definition) is 0. The summed E-state index contributed by atoms with van der Waals surface area (Å²) in [6.45, 7) is -0.922. The lowest BCUT2D eigenvalue weighted by molar-refractivity contribution is -0.0498. The van der Waals surface area contributed by atoms with Crippen molar-refractivity contribution in [1.82, 2.24) is 14.8 Å². The van der Waals surface area contributed by atoms with Gasteiger partial charge in [-0.3, -0.25) is 0 Å². The zero-order chi connectivity index (χ0) is 21.4. The lowest BCUT2D eigenvalue weighted by atomic mass is 10.1. The van der Waals surface area contributed by atoms with Gasteiger partial charge in [0.15, 0.2) is 11.6 Å². The first kappa shape index (κ1) is 20.4. The molecule has 0 radical (unpaired) electrons. The van der Waals surface area contributed by atoms with Crippen LogP contribution < -0.4 is 4.74 Å². The molecule has 0 aliphatic carbocycles. The SMILES string of the molecule is Cc1c(-c2nc(-c3c(F)cccc3Cl)nn2C)csc1-c1ccc(OC(F)F)cc1. The molecule has 0 fully saturated rings. The highest BCUT2D eigenvalue weighted by molar-refractivity contribution is 7.14. The van der Waals surface area contributed by atoms with E-state index in [-0.39, 0.29) is 22.2 Å². The van der Waals surface area contributed by atoms with Crippen LogP contribution >= 0.6 is 22.9 Å². The standard InChI is InChI=1S/C21H15ClF3N3OS/c1-11-14(10-30-18(11)12-6-8-13(9-7-12)29-21(24)25)20-26-19(27-28(20)2)17-15(22)4-3-5-16(17)23/h3-10,21H,1-2H3. The number of aromatic nitrogens is 3. The predicted molar refractivity (Wildman–Crippen MR) is 112 cm³/mol. The Morgan fingerprint density at radius 2 is 1.87 bits per heavy atom. The quantitative estimate of drug-likeness (QED) is 0.345. The van der Waals surface area contributed by atoms with Crippen molar-refractivity contribution < 1.29 is 17.9 Å². The molecule has 0 spiro atoms. The Bertz CT molecular complexity index is 1180. The average molecular weight is 450 g/mol. The summed E-state index contributed by atoms with van der Waals surface area (Å²) in [6, 6.07) is 10.9. The van der Waals surface area contributed by atoms with Crippen LogP contribution in [0.4, 0.5) is 13.2 Å². The van der Waals surface area contributed by atoms with Gasteiger partial charge in [0.2, 0.25) is 0 Å². The van der Waals surface area contributed by atoms with Crippen LogP contribution in [-0.4, -0.2) is 21.4 Å². The molecule has 0 amide bonds. The van der Waals surface area contributed by atoms with Gasteiger partial charge in [0.05, 0.1) is 10.6 Å². The fourth-order valence-electron chi connectivity index (χ4n) is 3.15. The third-order valence-corrected chi connectivity index (χ3v) is 6.02. The van der Waals surface area contributed by atoms with E-state index in [1.54, 1.807) is 29.9 Å². The zero-order valence-electron chi connectivity index (χ0n) is 15.9. The maximum absolute atomic E-state index is 14.3. The Morgan fingerprint density at radius 3 is 2.53 bits per heavy atom. The maximum Gasteiger partial charge on any atom is 0.387 e. The molecule has 30 heavy (non-hydrogen) atoms. The number of hydrogen-bond acceptors (Lipinski definition) is 4. The van der Waals surface area contributed by atoms with E-state index >= 15 is 0 Å². The normalized spacial score (nSPS) is 11.3. The van der Waals surface area contributed by atoms with E-state index in [0.717, 1.165) is 21.6 Å². The summed E-state index contributed by atoms with van der Waals surface area (Å²) in [6.07, 6.45) is 0. The van der Waals surface area contributed by atoms with E-state index in [2.05, 4.69) is 14.8 Å². The molecule has 0 bridgehead atoms. The van der Waals surface area contributed by atoms with Crippen LogP contribution in [0.25, 0.3) is 33.2 Å². The second-order valence-corrected chi connectivity index (χ2v) is 7.77. The predicted octanol–water partition coefficient (Wildman–Crippen LogP) is 6.58. The zero-order valence-corrected chi connectivity index (χ0v) is 17.4. The van der Waals surface area contributed by atoms with E-state index in [9.17, 15) is 13.2 Å². The van der Waals surface area contributed by atoms with Crippen LogP contribution in [0.2, 0.25) is 5.02 Å². The molecule has 4 aromatic rings. The summed E-state index contributed by atoms with van der Waals surface area (Å²) in [5.41, 5.74) is 2.81. The molecule has 2 aromatic heterocycles. The van der Waals surface area contributed by atoms with Gasteiger partial charge in [-0.1, -0.05) is 17.7 Å². The summed E-state index contributed by atoms with van der Waals surface area (Å²) in [7, 11) is 1.73. The van der Waals surface area contributed by atoms with Crippen molar-refractivity contribution in [1.29, 1.82) is 0 Å². The minimum atomic E-state index is -2.86. The Labute approximate surface area is 179 Å². The summed E-state index contributed by atoms with van der Waals surface area (Å²) in [5, 5.41) is 6.51. The number of rotatable bonds is 5. The third kappa shape index (κ3) is 3.80. The Kier molecular flexibility index (Phi) is 5.53. The van der Waals surface area contributed by atoms with Crippen LogP contribution in [0.3, 0.4) is 0 Å².